The lowest BCUT2D eigenvalue weighted by molar-refractivity contribution is -0.121. The SMILES string of the molecule is COCCn1c(=NC(=O)C2CCCC2)sc2cc(C(=O)OC)ccc21. The Labute approximate surface area is 150 Å². The summed E-state index contributed by atoms with van der Waals surface area (Å²) in [5.74, 6) is -0.366. The number of hydrogen-bond donors (Lipinski definition) is 0. The quantitative estimate of drug-likeness (QED) is 0.767. The van der Waals surface area contributed by atoms with E-state index in [0.29, 0.717) is 23.5 Å². The number of fused-ring (bicyclic) bond motifs is 1. The fourth-order valence-corrected chi connectivity index (χ4v) is 4.26. The van der Waals surface area contributed by atoms with Gasteiger partial charge in [-0.15, -0.1) is 0 Å². The second kappa shape index (κ2) is 7.93. The molecular weight excluding hydrogens is 340 g/mol. The molecule has 0 spiro atoms. The van der Waals surface area contributed by atoms with Gasteiger partial charge in [0.05, 0.1) is 29.5 Å². The number of benzene rings is 1. The minimum Gasteiger partial charge on any atom is -0.465 e. The van der Waals surface area contributed by atoms with Gasteiger partial charge in [0.15, 0.2) is 4.80 Å². The van der Waals surface area contributed by atoms with Crippen LogP contribution in [0.15, 0.2) is 23.2 Å². The number of thiazole rings is 1. The third-order valence-corrected chi connectivity index (χ3v) is 5.57. The summed E-state index contributed by atoms with van der Waals surface area (Å²) in [7, 11) is 3.01. The Morgan fingerprint density at radius 2 is 2.04 bits per heavy atom. The number of carbonyl (C=O) groups excluding carboxylic acids is 2. The highest BCUT2D eigenvalue weighted by Gasteiger charge is 2.22. The number of ether oxygens (including phenoxy) is 2. The fraction of sp³-hybridized carbons (Fsp3) is 0.500. The fourth-order valence-electron chi connectivity index (χ4n) is 3.16. The Balaban J connectivity index is 2.05. The van der Waals surface area contributed by atoms with E-state index < -0.39 is 0 Å². The van der Waals surface area contributed by atoms with Crippen LogP contribution in [0.5, 0.6) is 0 Å². The molecule has 1 aromatic heterocycles. The molecule has 0 aliphatic heterocycles. The Kier molecular flexibility index (Phi) is 5.65. The molecule has 6 nitrogen and oxygen atoms in total. The van der Waals surface area contributed by atoms with Crippen LogP contribution in [0, 0.1) is 5.92 Å². The topological polar surface area (TPSA) is 69.9 Å². The molecule has 0 radical (unpaired) electrons. The zero-order chi connectivity index (χ0) is 17.8. The number of methoxy groups -OCH3 is 2. The monoisotopic (exact) mass is 362 g/mol. The van der Waals surface area contributed by atoms with E-state index in [0.717, 1.165) is 35.9 Å². The largest absolute Gasteiger partial charge is 0.465 e. The first-order valence-electron chi connectivity index (χ1n) is 8.43. The van der Waals surface area contributed by atoms with Crippen molar-refractivity contribution >= 4 is 33.4 Å². The van der Waals surface area contributed by atoms with Crippen molar-refractivity contribution in [1.29, 1.82) is 0 Å². The minimum atomic E-state index is -0.376. The molecule has 1 aliphatic carbocycles. The van der Waals surface area contributed by atoms with E-state index in [1.54, 1.807) is 19.2 Å². The molecule has 1 amide bonds. The highest BCUT2D eigenvalue weighted by atomic mass is 32.1. The predicted molar refractivity (Wildman–Crippen MR) is 95.6 cm³/mol. The minimum absolute atomic E-state index is 0.0385. The van der Waals surface area contributed by atoms with E-state index >= 15 is 0 Å². The number of amides is 1. The average Bonchev–Trinajstić information content (AvgIpc) is 3.26. The van der Waals surface area contributed by atoms with Gasteiger partial charge in [-0.3, -0.25) is 4.79 Å². The molecule has 1 aliphatic rings. The van der Waals surface area contributed by atoms with Crippen molar-refractivity contribution in [2.75, 3.05) is 20.8 Å². The van der Waals surface area contributed by atoms with Gasteiger partial charge in [0.25, 0.3) is 5.91 Å². The number of rotatable bonds is 5. The molecular formula is C18H22N2O4S. The van der Waals surface area contributed by atoms with Gasteiger partial charge in [0.2, 0.25) is 0 Å². The lowest BCUT2D eigenvalue weighted by Gasteiger charge is -2.06. The first-order valence-corrected chi connectivity index (χ1v) is 9.25. The summed E-state index contributed by atoms with van der Waals surface area (Å²) < 4.78 is 12.9. The molecule has 1 fully saturated rings. The lowest BCUT2D eigenvalue weighted by atomic mass is 10.1. The van der Waals surface area contributed by atoms with Gasteiger partial charge in [0, 0.05) is 19.6 Å². The highest BCUT2D eigenvalue weighted by Crippen LogP contribution is 2.26. The van der Waals surface area contributed by atoms with Gasteiger partial charge < -0.3 is 14.0 Å². The molecule has 0 N–H and O–H groups in total. The maximum absolute atomic E-state index is 12.5. The molecule has 0 unspecified atom stereocenters. The Morgan fingerprint density at radius 3 is 2.72 bits per heavy atom. The molecule has 0 bridgehead atoms. The molecule has 25 heavy (non-hydrogen) atoms. The van der Waals surface area contributed by atoms with Gasteiger partial charge in [-0.1, -0.05) is 24.2 Å². The van der Waals surface area contributed by atoms with Gasteiger partial charge in [0.1, 0.15) is 0 Å². The average molecular weight is 362 g/mol. The van der Waals surface area contributed by atoms with Crippen molar-refractivity contribution in [2.24, 2.45) is 10.9 Å². The summed E-state index contributed by atoms with van der Waals surface area (Å²) in [5.41, 5.74) is 1.43. The number of hydrogen-bond acceptors (Lipinski definition) is 5. The number of carbonyl (C=O) groups is 2. The molecule has 2 aromatic rings. The van der Waals surface area contributed by atoms with E-state index in [9.17, 15) is 9.59 Å². The summed E-state index contributed by atoms with van der Waals surface area (Å²) in [5, 5.41) is 0. The zero-order valence-electron chi connectivity index (χ0n) is 14.5. The molecule has 0 atom stereocenters. The van der Waals surface area contributed by atoms with E-state index in [4.69, 9.17) is 9.47 Å². The van der Waals surface area contributed by atoms with E-state index in [2.05, 4.69) is 4.99 Å². The maximum Gasteiger partial charge on any atom is 0.337 e. The van der Waals surface area contributed by atoms with Crippen LogP contribution in [-0.4, -0.2) is 37.3 Å². The number of esters is 1. The van der Waals surface area contributed by atoms with Crippen LogP contribution in [0.4, 0.5) is 0 Å². The van der Waals surface area contributed by atoms with Crippen molar-refractivity contribution < 1.29 is 19.1 Å². The first-order chi connectivity index (χ1) is 12.1. The molecule has 1 heterocycles. The van der Waals surface area contributed by atoms with Gasteiger partial charge in [-0.2, -0.15) is 4.99 Å². The van der Waals surface area contributed by atoms with E-state index in [1.807, 2.05) is 10.6 Å². The van der Waals surface area contributed by atoms with Gasteiger partial charge in [-0.25, -0.2) is 4.79 Å². The number of nitrogens with zero attached hydrogens (tertiary/aromatic N) is 2. The molecule has 1 saturated carbocycles. The van der Waals surface area contributed by atoms with Crippen LogP contribution in [0.25, 0.3) is 10.2 Å². The normalized spacial score (nSPS) is 15.8. The summed E-state index contributed by atoms with van der Waals surface area (Å²) >= 11 is 1.42. The Bertz CT molecular complexity index is 846. The third-order valence-electron chi connectivity index (χ3n) is 4.53. The molecule has 0 saturated heterocycles. The number of aromatic nitrogens is 1. The van der Waals surface area contributed by atoms with Crippen molar-refractivity contribution in [3.05, 3.63) is 28.6 Å². The van der Waals surface area contributed by atoms with Crippen molar-refractivity contribution in [3.63, 3.8) is 0 Å². The standard InChI is InChI=1S/C18H22N2O4S/c1-23-10-9-20-14-8-7-13(17(22)24-2)11-15(14)25-18(20)19-16(21)12-5-3-4-6-12/h7-8,11-12H,3-6,9-10H2,1-2H3. The van der Waals surface area contributed by atoms with Gasteiger partial charge in [-0.05, 0) is 31.0 Å². The van der Waals surface area contributed by atoms with Crippen molar-refractivity contribution in [1.82, 2.24) is 4.57 Å². The van der Waals surface area contributed by atoms with Crippen LogP contribution < -0.4 is 4.80 Å². The Hall–Kier alpha value is -1.99. The summed E-state index contributed by atoms with van der Waals surface area (Å²) in [6.07, 6.45) is 4.06. The summed E-state index contributed by atoms with van der Waals surface area (Å²) in [4.78, 5) is 29.3. The second-order valence-corrected chi connectivity index (χ2v) is 7.14. The van der Waals surface area contributed by atoms with Crippen molar-refractivity contribution in [2.45, 2.75) is 32.2 Å². The van der Waals surface area contributed by atoms with Crippen LogP contribution in [0.1, 0.15) is 36.0 Å². The predicted octanol–water partition coefficient (Wildman–Crippen LogP) is 2.75. The highest BCUT2D eigenvalue weighted by molar-refractivity contribution is 7.16. The third kappa shape index (κ3) is 3.82. The molecule has 1 aromatic carbocycles. The van der Waals surface area contributed by atoms with Gasteiger partial charge >= 0.3 is 5.97 Å². The van der Waals surface area contributed by atoms with Crippen LogP contribution in [0.3, 0.4) is 0 Å². The van der Waals surface area contributed by atoms with Crippen LogP contribution in [0.2, 0.25) is 0 Å². The van der Waals surface area contributed by atoms with E-state index in [-0.39, 0.29) is 17.8 Å². The smallest absolute Gasteiger partial charge is 0.337 e. The van der Waals surface area contributed by atoms with Crippen molar-refractivity contribution in [3.8, 4) is 0 Å². The lowest BCUT2D eigenvalue weighted by Crippen LogP contribution is -2.21. The molecule has 134 valence electrons. The first kappa shape index (κ1) is 17.8. The molecule has 3 rings (SSSR count). The summed E-state index contributed by atoms with van der Waals surface area (Å²) in [6, 6.07) is 5.38. The zero-order valence-corrected chi connectivity index (χ0v) is 15.3. The maximum atomic E-state index is 12.5. The molecule has 7 heteroatoms. The summed E-state index contributed by atoms with van der Waals surface area (Å²) in [6.45, 7) is 1.13. The van der Waals surface area contributed by atoms with E-state index in [1.165, 1.54) is 18.4 Å². The second-order valence-electron chi connectivity index (χ2n) is 6.13. The van der Waals surface area contributed by atoms with Crippen LogP contribution in [-0.2, 0) is 20.8 Å². The Morgan fingerprint density at radius 1 is 1.28 bits per heavy atom. The van der Waals surface area contributed by atoms with Crippen LogP contribution >= 0.6 is 11.3 Å².